The molecule has 1 heterocycles. The summed E-state index contributed by atoms with van der Waals surface area (Å²) >= 11 is 7.16. The lowest BCUT2D eigenvalue weighted by Crippen LogP contribution is -1.96. The highest BCUT2D eigenvalue weighted by Crippen LogP contribution is 2.25. The fraction of sp³-hybridized carbons (Fsp3) is 0.250. The number of halogens is 1. The van der Waals surface area contributed by atoms with E-state index >= 15 is 0 Å². The summed E-state index contributed by atoms with van der Waals surface area (Å²) in [5.41, 5.74) is 0. The third-order valence-electron chi connectivity index (χ3n) is 2.10. The number of aromatic nitrogens is 2. The van der Waals surface area contributed by atoms with Gasteiger partial charge in [0.1, 0.15) is 5.75 Å². The fourth-order valence-corrected chi connectivity index (χ4v) is 2.00. The van der Waals surface area contributed by atoms with Gasteiger partial charge in [0.15, 0.2) is 6.61 Å². The highest BCUT2D eigenvalue weighted by molar-refractivity contribution is 7.99. The molecule has 1 aromatic carbocycles. The molecule has 0 aliphatic rings. The van der Waals surface area contributed by atoms with E-state index in [0.29, 0.717) is 21.9 Å². The molecular weight excluding hydrogens is 286 g/mol. The Hall–Kier alpha value is -1.71. The largest absolute Gasteiger partial charge is 0.482 e. The summed E-state index contributed by atoms with van der Waals surface area (Å²) in [7, 11) is 0. The summed E-state index contributed by atoms with van der Waals surface area (Å²) in [6.07, 6.45) is 0. The lowest BCUT2D eigenvalue weighted by atomic mass is 10.3. The molecule has 7 heteroatoms. The first kappa shape index (κ1) is 13.7. The molecule has 0 aliphatic heterocycles. The van der Waals surface area contributed by atoms with Gasteiger partial charge in [-0.25, -0.2) is 0 Å². The number of ether oxygens (including phenoxy) is 1. The molecule has 2 aromatic rings. The predicted molar refractivity (Wildman–Crippen MR) is 71.0 cm³/mol. The Morgan fingerprint density at radius 1 is 1.47 bits per heavy atom. The number of hydrogen-bond donors (Lipinski definition) is 0. The van der Waals surface area contributed by atoms with Crippen LogP contribution in [0.15, 0.2) is 33.9 Å². The van der Waals surface area contributed by atoms with Crippen molar-refractivity contribution >= 4 is 23.4 Å². The van der Waals surface area contributed by atoms with E-state index in [-0.39, 0.29) is 11.9 Å². The Morgan fingerprint density at radius 3 is 3.00 bits per heavy atom. The molecule has 0 unspecified atom stereocenters. The van der Waals surface area contributed by atoms with Gasteiger partial charge in [-0.2, -0.15) is 5.26 Å². The molecule has 98 valence electrons. The normalized spacial score (nSPS) is 11.8. The first-order valence-electron chi connectivity index (χ1n) is 5.45. The minimum atomic E-state index is -0.238. The van der Waals surface area contributed by atoms with Crippen molar-refractivity contribution in [2.24, 2.45) is 0 Å². The fourth-order valence-electron chi connectivity index (χ4n) is 1.22. The van der Waals surface area contributed by atoms with Crippen molar-refractivity contribution in [3.05, 3.63) is 35.2 Å². The van der Waals surface area contributed by atoms with Crippen LogP contribution in [0, 0.1) is 11.3 Å². The number of nitriles is 1. The van der Waals surface area contributed by atoms with E-state index < -0.39 is 0 Å². The van der Waals surface area contributed by atoms with E-state index in [9.17, 15) is 0 Å². The maximum Gasteiger partial charge on any atom is 0.277 e. The van der Waals surface area contributed by atoms with Gasteiger partial charge in [-0.1, -0.05) is 23.7 Å². The van der Waals surface area contributed by atoms with E-state index in [1.807, 2.05) is 12.1 Å². The zero-order valence-corrected chi connectivity index (χ0v) is 11.6. The number of para-hydroxylation sites is 1. The molecule has 1 atom stereocenters. The molecule has 19 heavy (non-hydrogen) atoms. The van der Waals surface area contributed by atoms with E-state index in [2.05, 4.69) is 16.3 Å². The third-order valence-corrected chi connectivity index (χ3v) is 3.23. The van der Waals surface area contributed by atoms with E-state index in [1.54, 1.807) is 19.1 Å². The minimum Gasteiger partial charge on any atom is -0.482 e. The first-order valence-corrected chi connectivity index (χ1v) is 6.71. The van der Waals surface area contributed by atoms with Crippen LogP contribution in [-0.2, 0) is 6.61 Å². The Morgan fingerprint density at radius 2 is 2.26 bits per heavy atom. The van der Waals surface area contributed by atoms with Crippen LogP contribution in [0.5, 0.6) is 5.75 Å². The van der Waals surface area contributed by atoms with Crippen LogP contribution >= 0.6 is 23.4 Å². The van der Waals surface area contributed by atoms with E-state index in [0.717, 1.165) is 0 Å². The van der Waals surface area contributed by atoms with Crippen molar-refractivity contribution in [1.82, 2.24) is 10.2 Å². The summed E-state index contributed by atoms with van der Waals surface area (Å²) in [6, 6.07) is 9.21. The Labute approximate surface area is 119 Å². The number of hydrogen-bond acceptors (Lipinski definition) is 6. The van der Waals surface area contributed by atoms with Gasteiger partial charge < -0.3 is 9.15 Å². The number of rotatable bonds is 5. The maximum atomic E-state index is 8.69. The first-order chi connectivity index (χ1) is 9.19. The minimum absolute atomic E-state index is 0.137. The second-order valence-electron chi connectivity index (χ2n) is 3.57. The third kappa shape index (κ3) is 3.88. The Kier molecular flexibility index (Phi) is 4.66. The maximum absolute atomic E-state index is 8.69. The molecule has 0 fully saturated rings. The lowest BCUT2D eigenvalue weighted by Gasteiger charge is -2.04. The summed E-state index contributed by atoms with van der Waals surface area (Å²) in [4.78, 5) is 0. The quantitative estimate of drug-likeness (QED) is 0.788. The monoisotopic (exact) mass is 295 g/mol. The molecule has 0 radical (unpaired) electrons. The van der Waals surface area contributed by atoms with E-state index in [1.165, 1.54) is 11.8 Å². The van der Waals surface area contributed by atoms with Crippen molar-refractivity contribution in [1.29, 1.82) is 5.26 Å². The summed E-state index contributed by atoms with van der Waals surface area (Å²) in [5.74, 6) is 0.898. The second-order valence-corrected chi connectivity index (χ2v) is 5.27. The van der Waals surface area contributed by atoms with Crippen molar-refractivity contribution in [3.8, 4) is 11.8 Å². The van der Waals surface area contributed by atoms with Crippen LogP contribution in [0.2, 0.25) is 5.02 Å². The van der Waals surface area contributed by atoms with Crippen molar-refractivity contribution in [3.63, 3.8) is 0 Å². The summed E-state index contributed by atoms with van der Waals surface area (Å²) in [6.45, 7) is 1.90. The Bertz CT molecular complexity index is 597. The van der Waals surface area contributed by atoms with Crippen LogP contribution in [-0.4, -0.2) is 15.4 Å². The molecular formula is C12H10ClN3O2S. The van der Waals surface area contributed by atoms with Crippen molar-refractivity contribution in [2.45, 2.75) is 24.0 Å². The van der Waals surface area contributed by atoms with E-state index in [4.69, 9.17) is 26.0 Å². The molecule has 0 saturated carbocycles. The zero-order valence-electron chi connectivity index (χ0n) is 10.0. The molecule has 0 bridgehead atoms. The van der Waals surface area contributed by atoms with Crippen molar-refractivity contribution in [2.75, 3.05) is 0 Å². The molecule has 2 rings (SSSR count). The molecule has 0 N–H and O–H groups in total. The van der Waals surface area contributed by atoms with Gasteiger partial charge in [0.05, 0.1) is 16.3 Å². The van der Waals surface area contributed by atoms with Crippen LogP contribution in [0.1, 0.15) is 12.8 Å². The SMILES string of the molecule is C[C@H](C#N)Sc1nnc(COc2ccccc2Cl)o1. The number of thioether (sulfide) groups is 1. The summed E-state index contributed by atoms with van der Waals surface area (Å²) < 4.78 is 10.8. The molecule has 1 aromatic heterocycles. The van der Waals surface area contributed by atoms with Crippen LogP contribution in [0.3, 0.4) is 0 Å². The zero-order chi connectivity index (χ0) is 13.7. The average Bonchev–Trinajstić information content (AvgIpc) is 2.85. The highest BCUT2D eigenvalue weighted by atomic mass is 35.5. The average molecular weight is 296 g/mol. The molecule has 0 saturated heterocycles. The van der Waals surface area contributed by atoms with Gasteiger partial charge in [0.25, 0.3) is 11.1 Å². The number of nitrogens with zero attached hydrogens (tertiary/aromatic N) is 3. The molecule has 0 spiro atoms. The van der Waals surface area contributed by atoms with Gasteiger partial charge >= 0.3 is 0 Å². The molecule has 5 nitrogen and oxygen atoms in total. The topological polar surface area (TPSA) is 71.9 Å². The molecule has 0 aliphatic carbocycles. The van der Waals surface area contributed by atoms with Gasteiger partial charge in [-0.05, 0) is 30.8 Å². The van der Waals surface area contributed by atoms with Gasteiger partial charge in [-0.15, -0.1) is 10.2 Å². The lowest BCUT2D eigenvalue weighted by molar-refractivity contribution is 0.252. The van der Waals surface area contributed by atoms with Crippen molar-refractivity contribution < 1.29 is 9.15 Å². The predicted octanol–water partition coefficient (Wildman–Crippen LogP) is 3.31. The standard InChI is InChI=1S/C12H10ClN3O2S/c1-8(6-14)19-12-16-15-11(18-12)7-17-10-5-3-2-4-9(10)13/h2-5,8H,7H2,1H3/t8-/m1/s1. The van der Waals surface area contributed by atoms with Gasteiger partial charge in [0.2, 0.25) is 0 Å². The smallest absolute Gasteiger partial charge is 0.277 e. The number of benzene rings is 1. The highest BCUT2D eigenvalue weighted by Gasteiger charge is 2.11. The van der Waals surface area contributed by atoms with Crippen LogP contribution < -0.4 is 4.74 Å². The van der Waals surface area contributed by atoms with Gasteiger partial charge in [-0.3, -0.25) is 0 Å². The van der Waals surface area contributed by atoms with Crippen LogP contribution in [0.4, 0.5) is 0 Å². The van der Waals surface area contributed by atoms with Crippen LogP contribution in [0.25, 0.3) is 0 Å². The summed E-state index contributed by atoms with van der Waals surface area (Å²) in [5, 5.41) is 17.0. The Balaban J connectivity index is 1.94. The molecule has 0 amide bonds. The second kappa shape index (κ2) is 6.45. The van der Waals surface area contributed by atoms with Gasteiger partial charge in [0, 0.05) is 0 Å².